The Bertz CT molecular complexity index is 422. The van der Waals surface area contributed by atoms with E-state index in [4.69, 9.17) is 11.6 Å². The number of nitrogens with zero attached hydrogens (tertiary/aromatic N) is 1. The van der Waals surface area contributed by atoms with Crippen molar-refractivity contribution >= 4 is 17.5 Å². The van der Waals surface area contributed by atoms with Crippen LogP contribution in [0.2, 0.25) is 5.02 Å². The first-order chi connectivity index (χ1) is 9.10. The van der Waals surface area contributed by atoms with E-state index in [0.717, 1.165) is 13.1 Å². The molecule has 0 aromatic heterocycles. The van der Waals surface area contributed by atoms with Gasteiger partial charge < -0.3 is 10.2 Å². The minimum absolute atomic E-state index is 0.115. The van der Waals surface area contributed by atoms with E-state index in [1.807, 2.05) is 13.8 Å². The Morgan fingerprint density at radius 1 is 1.37 bits per heavy atom. The Kier molecular flexibility index (Phi) is 6.81. The lowest BCUT2D eigenvalue weighted by Gasteiger charge is -2.18. The maximum absolute atomic E-state index is 13.6. The third-order valence-electron chi connectivity index (χ3n) is 2.98. The fourth-order valence-electron chi connectivity index (χ4n) is 1.84. The van der Waals surface area contributed by atoms with Crippen LogP contribution in [-0.2, 0) is 11.3 Å². The first-order valence-electron chi connectivity index (χ1n) is 6.51. The van der Waals surface area contributed by atoms with Crippen LogP contribution in [0.15, 0.2) is 18.2 Å². The molecule has 0 saturated carbocycles. The molecule has 106 valence electrons. The van der Waals surface area contributed by atoms with Crippen molar-refractivity contribution < 1.29 is 9.18 Å². The number of carbonyl (C=O) groups excluding carboxylic acids is 1. The SMILES string of the molecule is CCN(CC)C(=O)CCNCc1cccc(Cl)c1F. The van der Waals surface area contributed by atoms with Crippen molar-refractivity contribution in [2.75, 3.05) is 19.6 Å². The Morgan fingerprint density at radius 2 is 2.05 bits per heavy atom. The summed E-state index contributed by atoms with van der Waals surface area (Å²) in [7, 11) is 0. The second-order valence-electron chi connectivity index (χ2n) is 4.21. The molecule has 0 fully saturated rings. The summed E-state index contributed by atoms with van der Waals surface area (Å²) in [6.45, 7) is 6.25. The molecule has 0 bridgehead atoms. The van der Waals surface area contributed by atoms with Crippen molar-refractivity contribution in [3.63, 3.8) is 0 Å². The molecule has 0 aliphatic carbocycles. The lowest BCUT2D eigenvalue weighted by molar-refractivity contribution is -0.130. The second kappa shape index (κ2) is 8.12. The summed E-state index contributed by atoms with van der Waals surface area (Å²) in [5.74, 6) is -0.282. The summed E-state index contributed by atoms with van der Waals surface area (Å²) in [6.07, 6.45) is 0.421. The van der Waals surface area contributed by atoms with Gasteiger partial charge in [-0.05, 0) is 19.9 Å². The maximum Gasteiger partial charge on any atom is 0.223 e. The van der Waals surface area contributed by atoms with Crippen molar-refractivity contribution in [3.8, 4) is 0 Å². The molecule has 1 N–H and O–H groups in total. The normalized spacial score (nSPS) is 10.5. The Morgan fingerprint density at radius 3 is 2.68 bits per heavy atom. The number of halogens is 2. The first-order valence-corrected chi connectivity index (χ1v) is 6.89. The molecule has 0 radical (unpaired) electrons. The summed E-state index contributed by atoms with van der Waals surface area (Å²) in [5.41, 5.74) is 0.516. The molecule has 0 aliphatic rings. The van der Waals surface area contributed by atoms with Gasteiger partial charge in [0.15, 0.2) is 0 Å². The van der Waals surface area contributed by atoms with E-state index in [1.165, 1.54) is 6.07 Å². The molecule has 1 rings (SSSR count). The van der Waals surface area contributed by atoms with E-state index >= 15 is 0 Å². The largest absolute Gasteiger partial charge is 0.343 e. The van der Waals surface area contributed by atoms with Crippen molar-refractivity contribution in [2.45, 2.75) is 26.8 Å². The van der Waals surface area contributed by atoms with Crippen molar-refractivity contribution in [3.05, 3.63) is 34.6 Å². The van der Waals surface area contributed by atoms with Crippen molar-refractivity contribution in [1.82, 2.24) is 10.2 Å². The van der Waals surface area contributed by atoms with Crippen LogP contribution >= 0.6 is 11.6 Å². The van der Waals surface area contributed by atoms with Crippen LogP contribution in [0.5, 0.6) is 0 Å². The fourth-order valence-corrected chi connectivity index (χ4v) is 2.03. The summed E-state index contributed by atoms with van der Waals surface area (Å²) in [4.78, 5) is 13.5. The summed E-state index contributed by atoms with van der Waals surface area (Å²) in [5, 5.41) is 3.18. The van der Waals surface area contributed by atoms with Gasteiger partial charge in [0.25, 0.3) is 0 Å². The van der Waals surface area contributed by atoms with Gasteiger partial charge in [0, 0.05) is 38.2 Å². The minimum atomic E-state index is -0.397. The van der Waals surface area contributed by atoms with Crippen LogP contribution < -0.4 is 5.32 Å². The van der Waals surface area contributed by atoms with Gasteiger partial charge in [0.2, 0.25) is 5.91 Å². The molecule has 5 heteroatoms. The average Bonchev–Trinajstić information content (AvgIpc) is 2.40. The third-order valence-corrected chi connectivity index (χ3v) is 3.27. The van der Waals surface area contributed by atoms with Gasteiger partial charge >= 0.3 is 0 Å². The van der Waals surface area contributed by atoms with E-state index in [2.05, 4.69) is 5.32 Å². The summed E-state index contributed by atoms with van der Waals surface area (Å²) >= 11 is 5.69. The highest BCUT2D eigenvalue weighted by Crippen LogP contribution is 2.17. The number of benzene rings is 1. The number of amides is 1. The zero-order valence-electron chi connectivity index (χ0n) is 11.4. The van der Waals surface area contributed by atoms with Gasteiger partial charge in [-0.1, -0.05) is 23.7 Å². The minimum Gasteiger partial charge on any atom is -0.343 e. The topological polar surface area (TPSA) is 32.3 Å². The van der Waals surface area contributed by atoms with E-state index < -0.39 is 5.82 Å². The molecule has 1 aromatic rings. The number of carbonyl (C=O) groups is 1. The Labute approximate surface area is 118 Å². The van der Waals surface area contributed by atoms with Crippen molar-refractivity contribution in [2.24, 2.45) is 0 Å². The van der Waals surface area contributed by atoms with Crippen LogP contribution in [0.3, 0.4) is 0 Å². The molecule has 0 unspecified atom stereocenters. The first kappa shape index (κ1) is 15.9. The highest BCUT2D eigenvalue weighted by Gasteiger charge is 2.09. The zero-order chi connectivity index (χ0) is 14.3. The molecule has 1 amide bonds. The van der Waals surface area contributed by atoms with Crippen LogP contribution in [0, 0.1) is 5.82 Å². The van der Waals surface area contributed by atoms with Crippen LogP contribution in [0.25, 0.3) is 0 Å². The van der Waals surface area contributed by atoms with Gasteiger partial charge in [-0.3, -0.25) is 4.79 Å². The zero-order valence-corrected chi connectivity index (χ0v) is 12.1. The Balaban J connectivity index is 2.35. The molecule has 1 aromatic carbocycles. The predicted octanol–water partition coefficient (Wildman–Crippen LogP) is 2.83. The van der Waals surface area contributed by atoms with E-state index in [1.54, 1.807) is 17.0 Å². The van der Waals surface area contributed by atoms with Gasteiger partial charge in [-0.25, -0.2) is 4.39 Å². The van der Waals surface area contributed by atoms with E-state index in [0.29, 0.717) is 25.1 Å². The van der Waals surface area contributed by atoms with E-state index in [-0.39, 0.29) is 10.9 Å². The van der Waals surface area contributed by atoms with Gasteiger partial charge in [0.05, 0.1) is 5.02 Å². The number of rotatable bonds is 7. The average molecular weight is 287 g/mol. The van der Waals surface area contributed by atoms with Crippen LogP contribution in [0.4, 0.5) is 4.39 Å². The van der Waals surface area contributed by atoms with Crippen LogP contribution in [-0.4, -0.2) is 30.4 Å². The van der Waals surface area contributed by atoms with Crippen molar-refractivity contribution in [1.29, 1.82) is 0 Å². The van der Waals surface area contributed by atoms with Crippen LogP contribution in [0.1, 0.15) is 25.8 Å². The van der Waals surface area contributed by atoms with E-state index in [9.17, 15) is 9.18 Å². The lowest BCUT2D eigenvalue weighted by Crippen LogP contribution is -2.32. The highest BCUT2D eigenvalue weighted by molar-refractivity contribution is 6.30. The standard InChI is InChI=1S/C14H20ClFN2O/c1-3-18(4-2)13(19)8-9-17-10-11-6-5-7-12(15)14(11)16/h5-7,17H,3-4,8-10H2,1-2H3. The molecule has 3 nitrogen and oxygen atoms in total. The molecule has 0 spiro atoms. The van der Waals surface area contributed by atoms with Gasteiger partial charge in [-0.15, -0.1) is 0 Å². The van der Waals surface area contributed by atoms with Gasteiger partial charge in [0.1, 0.15) is 5.82 Å². The molecule has 19 heavy (non-hydrogen) atoms. The Hall–Kier alpha value is -1.13. The predicted molar refractivity (Wildman–Crippen MR) is 75.7 cm³/mol. The number of hydrogen-bond acceptors (Lipinski definition) is 2. The third kappa shape index (κ3) is 4.80. The summed E-state index contributed by atoms with van der Waals surface area (Å²) < 4.78 is 13.6. The quantitative estimate of drug-likeness (QED) is 0.782. The molecule has 0 heterocycles. The number of nitrogens with one attached hydrogen (secondary N) is 1. The molecule has 0 aliphatic heterocycles. The molecular formula is C14H20ClFN2O. The molecular weight excluding hydrogens is 267 g/mol. The second-order valence-corrected chi connectivity index (χ2v) is 4.61. The van der Waals surface area contributed by atoms with Gasteiger partial charge in [-0.2, -0.15) is 0 Å². The number of hydrogen-bond donors (Lipinski definition) is 1. The monoisotopic (exact) mass is 286 g/mol. The lowest BCUT2D eigenvalue weighted by atomic mass is 10.2. The maximum atomic E-state index is 13.6. The fraction of sp³-hybridized carbons (Fsp3) is 0.500. The smallest absolute Gasteiger partial charge is 0.223 e. The summed E-state index contributed by atoms with van der Waals surface area (Å²) in [6, 6.07) is 4.91. The molecule has 0 saturated heterocycles. The highest BCUT2D eigenvalue weighted by atomic mass is 35.5. The molecule has 0 atom stereocenters.